The van der Waals surface area contributed by atoms with Gasteiger partial charge in [-0.05, 0) is 31.9 Å². The number of nitrogens with zero attached hydrogens (tertiary/aromatic N) is 3. The molecule has 1 fully saturated rings. The van der Waals surface area contributed by atoms with Gasteiger partial charge in [-0.1, -0.05) is 0 Å². The van der Waals surface area contributed by atoms with Crippen LogP contribution < -0.4 is 4.90 Å². The monoisotopic (exact) mass is 301 g/mol. The Kier molecular flexibility index (Phi) is 4.37. The molecule has 22 heavy (non-hydrogen) atoms. The van der Waals surface area contributed by atoms with E-state index in [9.17, 15) is 4.79 Å². The van der Waals surface area contributed by atoms with Crippen LogP contribution in [-0.2, 0) is 9.53 Å². The number of furan rings is 1. The van der Waals surface area contributed by atoms with E-state index in [1.54, 1.807) is 6.26 Å². The van der Waals surface area contributed by atoms with Crippen molar-refractivity contribution in [3.8, 4) is 11.5 Å². The van der Waals surface area contributed by atoms with E-state index >= 15 is 0 Å². The van der Waals surface area contributed by atoms with E-state index in [1.165, 1.54) is 6.33 Å². The molecule has 6 heteroatoms. The number of piperidine rings is 1. The fourth-order valence-electron chi connectivity index (χ4n) is 2.72. The van der Waals surface area contributed by atoms with Crippen LogP contribution in [0.25, 0.3) is 11.5 Å². The lowest BCUT2D eigenvalue weighted by atomic mass is 9.98. The van der Waals surface area contributed by atoms with Crippen molar-refractivity contribution in [3.05, 3.63) is 30.8 Å². The number of carbonyl (C=O) groups excluding carboxylic acids is 1. The average molecular weight is 301 g/mol. The highest BCUT2D eigenvalue weighted by Crippen LogP contribution is 2.25. The molecule has 0 N–H and O–H groups in total. The third-order valence-corrected chi connectivity index (χ3v) is 3.79. The number of hydrogen-bond acceptors (Lipinski definition) is 6. The summed E-state index contributed by atoms with van der Waals surface area (Å²) < 4.78 is 10.5. The first kappa shape index (κ1) is 14.6. The predicted octanol–water partition coefficient (Wildman–Crippen LogP) is 2.52. The third-order valence-electron chi connectivity index (χ3n) is 3.79. The Labute approximate surface area is 129 Å². The Morgan fingerprint density at radius 3 is 3.18 bits per heavy atom. The van der Waals surface area contributed by atoms with Gasteiger partial charge in [-0.3, -0.25) is 4.79 Å². The highest BCUT2D eigenvalue weighted by atomic mass is 16.5. The zero-order valence-corrected chi connectivity index (χ0v) is 12.6. The van der Waals surface area contributed by atoms with Gasteiger partial charge in [0.15, 0.2) is 5.76 Å². The molecule has 2 aromatic heterocycles. The number of anilines is 1. The van der Waals surface area contributed by atoms with Gasteiger partial charge in [-0.2, -0.15) is 0 Å². The van der Waals surface area contributed by atoms with Gasteiger partial charge in [-0.15, -0.1) is 0 Å². The van der Waals surface area contributed by atoms with E-state index in [4.69, 9.17) is 9.15 Å². The molecule has 1 aliphatic rings. The maximum Gasteiger partial charge on any atom is 0.310 e. The number of esters is 1. The SMILES string of the molecule is CCOC(=O)C1CCCN(c2cc(-c3ccco3)ncn2)C1. The topological polar surface area (TPSA) is 68.5 Å². The van der Waals surface area contributed by atoms with Crippen LogP contribution in [0.15, 0.2) is 35.2 Å². The molecule has 0 aromatic carbocycles. The molecule has 6 nitrogen and oxygen atoms in total. The second-order valence-corrected chi connectivity index (χ2v) is 5.28. The summed E-state index contributed by atoms with van der Waals surface area (Å²) in [6.07, 6.45) is 4.96. The first-order valence-corrected chi connectivity index (χ1v) is 7.55. The van der Waals surface area contributed by atoms with Crippen LogP contribution in [0.3, 0.4) is 0 Å². The standard InChI is InChI=1S/C16H19N3O3/c1-2-21-16(20)12-5-3-7-19(10-12)15-9-13(17-11-18-15)14-6-4-8-22-14/h4,6,8-9,11-12H,2-3,5,7,10H2,1H3. The quantitative estimate of drug-likeness (QED) is 0.808. The Balaban J connectivity index is 1.76. The lowest BCUT2D eigenvalue weighted by molar-refractivity contribution is -0.148. The van der Waals surface area contributed by atoms with Crippen LogP contribution in [0.4, 0.5) is 5.82 Å². The minimum Gasteiger partial charge on any atom is -0.466 e. The molecule has 0 aliphatic carbocycles. The van der Waals surface area contributed by atoms with E-state index in [1.807, 2.05) is 25.1 Å². The van der Waals surface area contributed by atoms with Crippen LogP contribution >= 0.6 is 0 Å². The van der Waals surface area contributed by atoms with E-state index in [0.717, 1.165) is 30.9 Å². The smallest absolute Gasteiger partial charge is 0.310 e. The molecule has 0 bridgehead atoms. The molecule has 0 radical (unpaired) electrons. The number of hydrogen-bond donors (Lipinski definition) is 0. The van der Waals surface area contributed by atoms with Crippen molar-refractivity contribution in [1.82, 2.24) is 9.97 Å². The van der Waals surface area contributed by atoms with Crippen LogP contribution in [0.2, 0.25) is 0 Å². The second kappa shape index (κ2) is 6.60. The van der Waals surface area contributed by atoms with Gasteiger partial charge in [0.2, 0.25) is 0 Å². The summed E-state index contributed by atoms with van der Waals surface area (Å²) in [5.41, 5.74) is 0.744. The normalized spacial score (nSPS) is 18.2. The fraction of sp³-hybridized carbons (Fsp3) is 0.438. The molecular weight excluding hydrogens is 282 g/mol. The van der Waals surface area contributed by atoms with Crippen LogP contribution in [0.1, 0.15) is 19.8 Å². The maximum atomic E-state index is 11.9. The predicted molar refractivity (Wildman–Crippen MR) is 81.3 cm³/mol. The van der Waals surface area contributed by atoms with Crippen molar-refractivity contribution in [2.24, 2.45) is 5.92 Å². The first-order chi connectivity index (χ1) is 10.8. The second-order valence-electron chi connectivity index (χ2n) is 5.28. The van der Waals surface area contributed by atoms with Crippen molar-refractivity contribution in [1.29, 1.82) is 0 Å². The summed E-state index contributed by atoms with van der Waals surface area (Å²) in [5, 5.41) is 0. The summed E-state index contributed by atoms with van der Waals surface area (Å²) in [7, 11) is 0. The lowest BCUT2D eigenvalue weighted by Crippen LogP contribution is -2.39. The van der Waals surface area contributed by atoms with Gasteiger partial charge in [0.25, 0.3) is 0 Å². The van der Waals surface area contributed by atoms with Crippen molar-refractivity contribution in [2.75, 3.05) is 24.6 Å². The summed E-state index contributed by atoms with van der Waals surface area (Å²) in [6.45, 7) is 3.77. The summed E-state index contributed by atoms with van der Waals surface area (Å²) in [5.74, 6) is 1.32. The zero-order valence-electron chi connectivity index (χ0n) is 12.6. The minimum absolute atomic E-state index is 0.0873. The van der Waals surface area contributed by atoms with Gasteiger partial charge >= 0.3 is 5.97 Å². The Bertz CT molecular complexity index is 627. The van der Waals surface area contributed by atoms with Gasteiger partial charge < -0.3 is 14.1 Å². The van der Waals surface area contributed by atoms with Crippen molar-refractivity contribution in [2.45, 2.75) is 19.8 Å². The summed E-state index contributed by atoms with van der Waals surface area (Å²) >= 11 is 0. The number of carbonyl (C=O) groups is 1. The number of ether oxygens (including phenoxy) is 1. The average Bonchev–Trinajstić information content (AvgIpc) is 3.10. The molecule has 0 saturated carbocycles. The van der Waals surface area contributed by atoms with Crippen molar-refractivity contribution < 1.29 is 13.9 Å². The van der Waals surface area contributed by atoms with Gasteiger partial charge in [0.1, 0.15) is 17.8 Å². The van der Waals surface area contributed by atoms with Crippen molar-refractivity contribution >= 4 is 11.8 Å². The highest BCUT2D eigenvalue weighted by Gasteiger charge is 2.27. The van der Waals surface area contributed by atoms with Gasteiger partial charge in [-0.25, -0.2) is 9.97 Å². The summed E-state index contributed by atoms with van der Waals surface area (Å²) in [4.78, 5) is 22.6. The molecule has 3 rings (SSSR count). The molecular formula is C16H19N3O3. The molecule has 2 aromatic rings. The Morgan fingerprint density at radius 1 is 1.50 bits per heavy atom. The number of rotatable bonds is 4. The highest BCUT2D eigenvalue weighted by molar-refractivity contribution is 5.73. The van der Waals surface area contributed by atoms with Crippen LogP contribution in [-0.4, -0.2) is 35.6 Å². The van der Waals surface area contributed by atoms with E-state index in [0.29, 0.717) is 18.9 Å². The molecule has 1 aliphatic heterocycles. The molecule has 1 saturated heterocycles. The zero-order chi connectivity index (χ0) is 15.4. The molecule has 0 spiro atoms. The minimum atomic E-state index is -0.118. The van der Waals surface area contributed by atoms with Crippen LogP contribution in [0.5, 0.6) is 0 Å². The summed E-state index contributed by atoms with van der Waals surface area (Å²) in [6, 6.07) is 5.59. The lowest BCUT2D eigenvalue weighted by Gasteiger charge is -2.32. The van der Waals surface area contributed by atoms with E-state index in [-0.39, 0.29) is 11.9 Å². The molecule has 116 valence electrons. The molecule has 1 unspecified atom stereocenters. The Morgan fingerprint density at radius 2 is 2.41 bits per heavy atom. The molecule has 0 amide bonds. The van der Waals surface area contributed by atoms with Crippen molar-refractivity contribution in [3.63, 3.8) is 0 Å². The fourth-order valence-corrected chi connectivity index (χ4v) is 2.72. The van der Waals surface area contributed by atoms with Gasteiger partial charge in [0.05, 0.1) is 18.8 Å². The van der Waals surface area contributed by atoms with Gasteiger partial charge in [0, 0.05) is 19.2 Å². The third kappa shape index (κ3) is 3.10. The molecule has 1 atom stereocenters. The Hall–Kier alpha value is -2.37. The van der Waals surface area contributed by atoms with E-state index < -0.39 is 0 Å². The molecule has 3 heterocycles. The van der Waals surface area contributed by atoms with E-state index in [2.05, 4.69) is 14.9 Å². The maximum absolute atomic E-state index is 11.9. The van der Waals surface area contributed by atoms with Crippen LogP contribution in [0, 0.1) is 5.92 Å². The number of aromatic nitrogens is 2. The first-order valence-electron chi connectivity index (χ1n) is 7.55. The largest absolute Gasteiger partial charge is 0.466 e.